The zero-order chi connectivity index (χ0) is 25.9. The van der Waals surface area contributed by atoms with Crippen molar-refractivity contribution >= 4 is 34.6 Å². The van der Waals surface area contributed by atoms with Gasteiger partial charge in [0.1, 0.15) is 17.6 Å². The van der Waals surface area contributed by atoms with E-state index in [1.807, 2.05) is 24.3 Å². The molecule has 2 aromatic heterocycles. The Labute approximate surface area is 206 Å². The molecule has 0 radical (unpaired) electrons. The first-order valence-corrected chi connectivity index (χ1v) is 11.2. The number of allylic oxidation sites excluding steroid dienone is 1. The Morgan fingerprint density at radius 2 is 2.03 bits per heavy atom. The summed E-state index contributed by atoms with van der Waals surface area (Å²) in [4.78, 5) is 56.8. The Morgan fingerprint density at radius 3 is 2.78 bits per heavy atom. The van der Waals surface area contributed by atoms with E-state index >= 15 is 0 Å². The zero-order valence-corrected chi connectivity index (χ0v) is 19.7. The Morgan fingerprint density at radius 1 is 1.22 bits per heavy atom. The first kappa shape index (κ1) is 26.2. The fourth-order valence-corrected chi connectivity index (χ4v) is 3.38. The third-order valence-corrected chi connectivity index (χ3v) is 5.13. The molecule has 3 aromatic rings. The van der Waals surface area contributed by atoms with Gasteiger partial charge in [0.2, 0.25) is 11.8 Å². The molecule has 0 bridgehead atoms. The number of imidazole rings is 1. The van der Waals surface area contributed by atoms with Gasteiger partial charge in [0.05, 0.1) is 31.3 Å². The van der Waals surface area contributed by atoms with Crippen LogP contribution in [0.1, 0.15) is 18.7 Å². The van der Waals surface area contributed by atoms with Crippen LogP contribution in [0, 0.1) is 0 Å². The number of aliphatic hydroxyl groups excluding tert-OH is 1. The van der Waals surface area contributed by atoms with Crippen LogP contribution >= 0.6 is 0 Å². The molecule has 0 spiro atoms. The molecule has 3 amide bonds. The van der Waals surface area contributed by atoms with Crippen LogP contribution in [-0.4, -0.2) is 63.9 Å². The highest BCUT2D eigenvalue weighted by atomic mass is 16.5. The van der Waals surface area contributed by atoms with Gasteiger partial charge in [0.15, 0.2) is 0 Å². The first-order valence-electron chi connectivity index (χ1n) is 11.2. The summed E-state index contributed by atoms with van der Waals surface area (Å²) >= 11 is 0. The van der Waals surface area contributed by atoms with Crippen molar-refractivity contribution in [2.24, 2.45) is 0 Å². The van der Waals surface area contributed by atoms with Crippen molar-refractivity contribution in [3.8, 4) is 0 Å². The zero-order valence-electron chi connectivity index (χ0n) is 19.7. The third-order valence-electron chi connectivity index (χ3n) is 5.13. The molecule has 36 heavy (non-hydrogen) atoms. The van der Waals surface area contributed by atoms with Gasteiger partial charge in [-0.2, -0.15) is 0 Å². The fourth-order valence-electron chi connectivity index (χ4n) is 3.38. The van der Waals surface area contributed by atoms with Crippen LogP contribution in [0.2, 0.25) is 0 Å². The number of nitrogens with zero attached hydrogens (tertiary/aromatic N) is 2. The van der Waals surface area contributed by atoms with Gasteiger partial charge in [-0.1, -0.05) is 18.2 Å². The van der Waals surface area contributed by atoms with Gasteiger partial charge in [-0.15, -0.1) is 0 Å². The van der Waals surface area contributed by atoms with Crippen molar-refractivity contribution < 1.29 is 24.2 Å². The van der Waals surface area contributed by atoms with E-state index in [-0.39, 0.29) is 44.1 Å². The Hall–Kier alpha value is -4.45. The summed E-state index contributed by atoms with van der Waals surface area (Å²) in [7, 11) is 1.17. The number of amides is 3. The number of carbonyl (C=O) groups excluding carboxylic acids is 3. The summed E-state index contributed by atoms with van der Waals surface area (Å²) in [6.45, 7) is 0.123. The standard InChI is InChI=1S/C24H28N6O6/c1-36-24(35)29-18(9-4-5-11-21(32)25-12-14-31)22(33)28-19-10-6-13-30(23(19)34)15-20-26-16-7-2-3-8-17(16)27-20/h2-3,5-8,10-11,13,18,31H,4,9,12,14-15H2,1H3,(H,25,32)(H,26,27)(H,28,33)(H,29,35)/b11-5+/t18-/m0/s1. The first-order chi connectivity index (χ1) is 17.4. The van der Waals surface area contributed by atoms with Gasteiger partial charge in [0, 0.05) is 12.7 Å². The number of nitrogens with one attached hydrogen (secondary N) is 4. The van der Waals surface area contributed by atoms with E-state index in [4.69, 9.17) is 5.11 Å². The molecule has 2 heterocycles. The summed E-state index contributed by atoms with van der Waals surface area (Å²) in [5, 5.41) is 16.2. The van der Waals surface area contributed by atoms with Gasteiger partial charge < -0.3 is 35.3 Å². The highest BCUT2D eigenvalue weighted by Crippen LogP contribution is 2.11. The minimum atomic E-state index is -1.02. The van der Waals surface area contributed by atoms with Gasteiger partial charge in [-0.05, 0) is 43.2 Å². The third kappa shape index (κ3) is 7.27. The Kier molecular flexibility index (Phi) is 9.34. The monoisotopic (exact) mass is 496 g/mol. The SMILES string of the molecule is COC(=O)N[C@@H](CC/C=C/C(=O)NCCO)C(=O)Nc1cccn(Cc2nc3ccccc3[nH]2)c1=O. The number of carbonyl (C=O) groups is 3. The van der Waals surface area contributed by atoms with Gasteiger partial charge in [-0.3, -0.25) is 14.4 Å². The quantitative estimate of drug-likeness (QED) is 0.246. The van der Waals surface area contributed by atoms with Crippen molar-refractivity contribution in [3.05, 3.63) is 70.9 Å². The number of aromatic nitrogens is 3. The van der Waals surface area contributed by atoms with Crippen LogP contribution in [-0.2, 0) is 20.9 Å². The number of methoxy groups -OCH3 is 1. The molecule has 190 valence electrons. The fraction of sp³-hybridized carbons (Fsp3) is 0.292. The van der Waals surface area contributed by atoms with E-state index in [0.29, 0.717) is 5.82 Å². The maximum absolute atomic E-state index is 13.0. The second-order valence-corrected chi connectivity index (χ2v) is 7.73. The summed E-state index contributed by atoms with van der Waals surface area (Å²) in [5.74, 6) is -0.417. The number of alkyl carbamates (subject to hydrolysis) is 1. The van der Waals surface area contributed by atoms with Gasteiger partial charge in [0.25, 0.3) is 5.56 Å². The lowest BCUT2D eigenvalue weighted by Gasteiger charge is -2.17. The predicted octanol–water partition coefficient (Wildman–Crippen LogP) is 0.881. The van der Waals surface area contributed by atoms with Crippen LogP contribution in [0.5, 0.6) is 0 Å². The summed E-state index contributed by atoms with van der Waals surface area (Å²) < 4.78 is 6.00. The van der Waals surface area contributed by atoms with E-state index in [1.165, 1.54) is 29.9 Å². The molecular weight excluding hydrogens is 468 g/mol. The number of H-pyrrole nitrogens is 1. The van der Waals surface area contributed by atoms with Crippen molar-refractivity contribution in [2.45, 2.75) is 25.4 Å². The van der Waals surface area contributed by atoms with Gasteiger partial charge in [-0.25, -0.2) is 9.78 Å². The molecular formula is C24H28N6O6. The molecule has 1 atom stereocenters. The number of aromatic amines is 1. The number of benzene rings is 1. The van der Waals surface area contributed by atoms with Gasteiger partial charge >= 0.3 is 6.09 Å². The Balaban J connectivity index is 1.68. The minimum Gasteiger partial charge on any atom is -0.453 e. The normalized spacial score (nSPS) is 11.8. The number of para-hydroxylation sites is 2. The van der Waals surface area contributed by atoms with E-state index in [1.54, 1.807) is 12.3 Å². The average molecular weight is 497 g/mol. The lowest BCUT2D eigenvalue weighted by molar-refractivity contribution is -0.118. The predicted molar refractivity (Wildman–Crippen MR) is 132 cm³/mol. The second-order valence-electron chi connectivity index (χ2n) is 7.73. The number of anilines is 1. The Bertz CT molecular complexity index is 1260. The van der Waals surface area contributed by atoms with E-state index in [0.717, 1.165) is 11.0 Å². The average Bonchev–Trinajstić information content (AvgIpc) is 3.29. The lowest BCUT2D eigenvalue weighted by Crippen LogP contribution is -2.44. The number of hydrogen-bond donors (Lipinski definition) is 5. The van der Waals surface area contributed by atoms with E-state index in [2.05, 4.69) is 30.7 Å². The maximum Gasteiger partial charge on any atom is 0.407 e. The van der Waals surface area contributed by atoms with Crippen LogP contribution < -0.4 is 21.5 Å². The molecule has 12 nitrogen and oxygen atoms in total. The number of pyridine rings is 1. The molecule has 0 saturated carbocycles. The molecule has 0 saturated heterocycles. The van der Waals surface area contributed by atoms with Crippen LogP contribution in [0.4, 0.5) is 10.5 Å². The second kappa shape index (κ2) is 12.9. The van der Waals surface area contributed by atoms with E-state index < -0.39 is 23.6 Å². The van der Waals surface area contributed by atoms with E-state index in [9.17, 15) is 19.2 Å². The number of ether oxygens (including phenoxy) is 1. The molecule has 3 rings (SSSR count). The maximum atomic E-state index is 13.0. The molecule has 0 aliphatic carbocycles. The van der Waals surface area contributed by atoms with Crippen molar-refractivity contribution in [1.82, 2.24) is 25.2 Å². The number of hydrogen-bond acceptors (Lipinski definition) is 7. The summed E-state index contributed by atoms with van der Waals surface area (Å²) in [5.41, 5.74) is 1.22. The topological polar surface area (TPSA) is 167 Å². The molecule has 0 fully saturated rings. The number of fused-ring (bicyclic) bond motifs is 1. The molecule has 0 unspecified atom stereocenters. The van der Waals surface area contributed by atoms with Crippen molar-refractivity contribution in [3.63, 3.8) is 0 Å². The largest absolute Gasteiger partial charge is 0.453 e. The molecule has 0 aliphatic rings. The molecule has 5 N–H and O–H groups in total. The highest BCUT2D eigenvalue weighted by Gasteiger charge is 2.22. The molecule has 1 aromatic carbocycles. The number of rotatable bonds is 11. The van der Waals surface area contributed by atoms with Crippen LogP contribution in [0.15, 0.2) is 59.5 Å². The smallest absolute Gasteiger partial charge is 0.407 e. The van der Waals surface area contributed by atoms with Crippen molar-refractivity contribution in [1.29, 1.82) is 0 Å². The van der Waals surface area contributed by atoms with Crippen LogP contribution in [0.3, 0.4) is 0 Å². The summed E-state index contributed by atoms with van der Waals surface area (Å²) in [6, 6.07) is 9.57. The molecule has 0 aliphatic heterocycles. The molecule has 12 heteroatoms. The summed E-state index contributed by atoms with van der Waals surface area (Å²) in [6.07, 6.45) is 4.01. The number of aliphatic hydroxyl groups is 1. The van der Waals surface area contributed by atoms with Crippen molar-refractivity contribution in [2.75, 3.05) is 25.6 Å². The minimum absolute atomic E-state index is 0.0363. The lowest BCUT2D eigenvalue weighted by atomic mass is 10.1. The van der Waals surface area contributed by atoms with Crippen LogP contribution in [0.25, 0.3) is 11.0 Å². The highest BCUT2D eigenvalue weighted by molar-refractivity contribution is 5.96.